The maximum atomic E-state index is 12.2. The van der Waals surface area contributed by atoms with Crippen molar-refractivity contribution in [3.8, 4) is 11.8 Å². The monoisotopic (exact) mass is 296 g/mol. The molecule has 1 aromatic heterocycles. The van der Waals surface area contributed by atoms with Crippen molar-refractivity contribution >= 4 is 11.8 Å². The summed E-state index contributed by atoms with van der Waals surface area (Å²) in [6.45, 7) is 3.47. The summed E-state index contributed by atoms with van der Waals surface area (Å²) >= 11 is 0. The third-order valence-corrected chi connectivity index (χ3v) is 3.24. The van der Waals surface area contributed by atoms with Gasteiger partial charge in [-0.15, -0.1) is 5.92 Å². The van der Waals surface area contributed by atoms with Gasteiger partial charge in [0.2, 0.25) is 0 Å². The second-order valence-electron chi connectivity index (χ2n) is 4.60. The second kappa shape index (κ2) is 7.23. The molecule has 1 heterocycles. The highest BCUT2D eigenvalue weighted by Crippen LogP contribution is 2.19. The van der Waals surface area contributed by atoms with Gasteiger partial charge in [0.1, 0.15) is 5.69 Å². The van der Waals surface area contributed by atoms with Crippen molar-refractivity contribution in [3.63, 3.8) is 0 Å². The number of carbonyl (C=O) groups is 2. The highest BCUT2D eigenvalue weighted by atomic mass is 16.5. The van der Waals surface area contributed by atoms with Gasteiger partial charge in [0, 0.05) is 0 Å². The Labute approximate surface area is 128 Å². The largest absolute Gasteiger partial charge is 0.446 e. The normalized spacial score (nSPS) is 11.2. The van der Waals surface area contributed by atoms with Gasteiger partial charge in [0.05, 0.1) is 18.6 Å². The average molecular weight is 296 g/mol. The van der Waals surface area contributed by atoms with Gasteiger partial charge in [-0.25, -0.2) is 9.78 Å². The fourth-order valence-electron chi connectivity index (χ4n) is 2.03. The molecule has 0 radical (unpaired) electrons. The number of imidazole rings is 1. The first-order valence-electron chi connectivity index (χ1n) is 6.83. The average Bonchev–Trinajstić information content (AvgIpc) is 3.03. The first kappa shape index (κ1) is 15.5. The van der Waals surface area contributed by atoms with E-state index in [0.29, 0.717) is 0 Å². The zero-order chi connectivity index (χ0) is 15.9. The molecule has 1 aromatic carbocycles. The zero-order valence-electron chi connectivity index (χ0n) is 12.4. The Morgan fingerprint density at radius 2 is 2.05 bits per heavy atom. The molecule has 2 rings (SSSR count). The Kier molecular flexibility index (Phi) is 5.10. The molecule has 22 heavy (non-hydrogen) atoms. The molecule has 1 atom stereocenters. The van der Waals surface area contributed by atoms with E-state index in [1.807, 2.05) is 37.3 Å². The number of nitrogens with zero attached hydrogens (tertiary/aromatic N) is 2. The third-order valence-electron chi connectivity index (χ3n) is 3.24. The summed E-state index contributed by atoms with van der Waals surface area (Å²) in [7, 11) is 0. The number of Topliss-reactive ketones (excluding diaryl/α,β-unsaturated/α-hetero) is 1. The van der Waals surface area contributed by atoms with Crippen molar-refractivity contribution in [2.45, 2.75) is 19.9 Å². The summed E-state index contributed by atoms with van der Waals surface area (Å²) in [6.07, 6.45) is 2.90. The molecule has 0 spiro atoms. The maximum absolute atomic E-state index is 12.2. The molecule has 0 unspecified atom stereocenters. The van der Waals surface area contributed by atoms with E-state index in [9.17, 15) is 9.59 Å². The molecular formula is C17H16N2O3. The predicted molar refractivity (Wildman–Crippen MR) is 81.2 cm³/mol. The van der Waals surface area contributed by atoms with Crippen LogP contribution in [0.3, 0.4) is 0 Å². The van der Waals surface area contributed by atoms with Crippen molar-refractivity contribution in [1.29, 1.82) is 0 Å². The van der Waals surface area contributed by atoms with Gasteiger partial charge in [0.25, 0.3) is 5.78 Å². The second-order valence-corrected chi connectivity index (χ2v) is 4.60. The Bertz CT molecular complexity index is 723. The van der Waals surface area contributed by atoms with Crippen LogP contribution in [0.25, 0.3) is 0 Å². The lowest BCUT2D eigenvalue weighted by Gasteiger charge is -2.16. The minimum atomic E-state index is -0.926. The van der Waals surface area contributed by atoms with Crippen molar-refractivity contribution in [2.24, 2.45) is 0 Å². The van der Waals surface area contributed by atoms with Crippen LogP contribution in [0.4, 0.5) is 0 Å². The lowest BCUT2D eigenvalue weighted by molar-refractivity contribution is -0.136. The van der Waals surface area contributed by atoms with E-state index >= 15 is 0 Å². The lowest BCUT2D eigenvalue weighted by atomic mass is 10.1. The summed E-state index contributed by atoms with van der Waals surface area (Å²) in [5.41, 5.74) is 1.21. The lowest BCUT2D eigenvalue weighted by Crippen LogP contribution is -2.22. The van der Waals surface area contributed by atoms with Crippen LogP contribution in [0.5, 0.6) is 0 Å². The molecule has 0 aliphatic carbocycles. The Hall–Kier alpha value is -2.87. The van der Waals surface area contributed by atoms with Gasteiger partial charge in [-0.1, -0.05) is 36.3 Å². The quantitative estimate of drug-likeness (QED) is 0.367. The third kappa shape index (κ3) is 3.41. The van der Waals surface area contributed by atoms with Crippen molar-refractivity contribution in [2.75, 3.05) is 6.61 Å². The number of aromatic nitrogens is 2. The molecule has 5 nitrogen and oxygen atoms in total. The number of esters is 1. The minimum Gasteiger partial charge on any atom is -0.446 e. The van der Waals surface area contributed by atoms with Gasteiger partial charge < -0.3 is 9.30 Å². The number of ketones is 1. The van der Waals surface area contributed by atoms with E-state index in [2.05, 4.69) is 16.8 Å². The summed E-state index contributed by atoms with van der Waals surface area (Å²) in [6, 6.07) is 9.54. The molecule has 0 N–H and O–H groups in total. The van der Waals surface area contributed by atoms with Crippen LogP contribution < -0.4 is 0 Å². The van der Waals surface area contributed by atoms with Gasteiger partial charge >= 0.3 is 5.97 Å². The number of hydrogen-bond acceptors (Lipinski definition) is 4. The first-order chi connectivity index (χ1) is 10.6. The molecule has 2 aromatic rings. The molecule has 0 fully saturated rings. The fourth-order valence-corrected chi connectivity index (χ4v) is 2.03. The first-order valence-corrected chi connectivity index (χ1v) is 6.83. The molecule has 0 amide bonds. The molecule has 0 aliphatic rings. The zero-order valence-corrected chi connectivity index (χ0v) is 12.4. The van der Waals surface area contributed by atoms with Crippen LogP contribution >= 0.6 is 0 Å². The van der Waals surface area contributed by atoms with Crippen LogP contribution in [-0.4, -0.2) is 27.9 Å². The van der Waals surface area contributed by atoms with E-state index < -0.39 is 11.8 Å². The highest BCUT2D eigenvalue weighted by molar-refractivity contribution is 6.40. The molecular weight excluding hydrogens is 280 g/mol. The SMILES string of the molecule is CC#CCOC(=O)C(=O)c1cncn1[C@H](C)c1ccccc1. The maximum Gasteiger partial charge on any atom is 0.382 e. The van der Waals surface area contributed by atoms with Crippen molar-refractivity contribution in [3.05, 3.63) is 54.1 Å². The molecule has 5 heteroatoms. The minimum absolute atomic E-state index is 0.0938. The van der Waals surface area contributed by atoms with Gasteiger partial charge in [-0.2, -0.15) is 0 Å². The Morgan fingerprint density at radius 1 is 1.32 bits per heavy atom. The summed E-state index contributed by atoms with van der Waals surface area (Å²) in [5, 5.41) is 0. The highest BCUT2D eigenvalue weighted by Gasteiger charge is 2.24. The van der Waals surface area contributed by atoms with Crippen LogP contribution in [0.1, 0.15) is 35.9 Å². The molecule has 112 valence electrons. The fraction of sp³-hybridized carbons (Fsp3) is 0.235. The van der Waals surface area contributed by atoms with E-state index in [0.717, 1.165) is 5.56 Å². The van der Waals surface area contributed by atoms with E-state index in [-0.39, 0.29) is 18.3 Å². The van der Waals surface area contributed by atoms with Crippen molar-refractivity contribution in [1.82, 2.24) is 9.55 Å². The molecule has 0 saturated carbocycles. The number of ether oxygens (including phenoxy) is 1. The van der Waals surface area contributed by atoms with Crippen LogP contribution in [-0.2, 0) is 9.53 Å². The number of hydrogen-bond donors (Lipinski definition) is 0. The topological polar surface area (TPSA) is 61.2 Å². The van der Waals surface area contributed by atoms with Crippen LogP contribution in [0, 0.1) is 11.8 Å². The van der Waals surface area contributed by atoms with E-state index in [1.165, 1.54) is 12.5 Å². The molecule has 0 aliphatic heterocycles. The molecule has 0 bridgehead atoms. The number of rotatable bonds is 5. The number of carbonyl (C=O) groups excluding carboxylic acids is 2. The summed E-state index contributed by atoms with van der Waals surface area (Å²) < 4.78 is 6.46. The predicted octanol–water partition coefficient (Wildman–Crippen LogP) is 2.24. The van der Waals surface area contributed by atoms with Gasteiger partial charge in [-0.05, 0) is 19.4 Å². The van der Waals surface area contributed by atoms with Crippen molar-refractivity contribution < 1.29 is 14.3 Å². The number of benzene rings is 1. The Morgan fingerprint density at radius 3 is 2.73 bits per heavy atom. The van der Waals surface area contributed by atoms with E-state index in [1.54, 1.807) is 11.5 Å². The summed E-state index contributed by atoms with van der Waals surface area (Å²) in [5.74, 6) is 3.52. The molecule has 0 saturated heterocycles. The summed E-state index contributed by atoms with van der Waals surface area (Å²) in [4.78, 5) is 27.9. The van der Waals surface area contributed by atoms with Crippen LogP contribution in [0.2, 0.25) is 0 Å². The van der Waals surface area contributed by atoms with Gasteiger partial charge in [0.15, 0.2) is 6.61 Å². The van der Waals surface area contributed by atoms with E-state index in [4.69, 9.17) is 4.74 Å². The Balaban J connectivity index is 2.20. The van der Waals surface area contributed by atoms with Gasteiger partial charge in [-0.3, -0.25) is 4.79 Å². The smallest absolute Gasteiger partial charge is 0.382 e. The van der Waals surface area contributed by atoms with Crippen LogP contribution in [0.15, 0.2) is 42.9 Å². The standard InChI is InChI=1S/C17H16N2O3/c1-3-4-10-22-17(21)16(20)15-11-18-12-19(15)13(2)14-8-6-5-7-9-14/h5-9,11-13H,10H2,1-2H3/t13-/m1/s1.